The highest BCUT2D eigenvalue weighted by molar-refractivity contribution is 5.95. The number of rotatable bonds is 8. The number of methoxy groups -OCH3 is 2. The Bertz CT molecular complexity index is 727. The number of carbonyl (C=O) groups is 2. The number of unbranched alkanes of at least 4 members (excludes halogenated alkanes) is 1. The maximum atomic E-state index is 12.5. The van der Waals surface area contributed by atoms with Crippen molar-refractivity contribution in [2.24, 2.45) is 0 Å². The number of amides is 2. The molecule has 1 atom stereocenters. The van der Waals surface area contributed by atoms with Crippen molar-refractivity contribution < 1.29 is 23.8 Å². The molecule has 0 spiro atoms. The van der Waals surface area contributed by atoms with Crippen LogP contribution in [0.2, 0.25) is 0 Å². The fourth-order valence-corrected chi connectivity index (χ4v) is 2.99. The number of nitrogens with one attached hydrogen (secondary N) is 2. The Labute approximate surface area is 160 Å². The number of carbonyl (C=O) groups excluding carboxylic acids is 2. The van der Waals surface area contributed by atoms with Gasteiger partial charge in [0, 0.05) is 5.70 Å². The summed E-state index contributed by atoms with van der Waals surface area (Å²) in [4.78, 5) is 24.7. The number of esters is 1. The summed E-state index contributed by atoms with van der Waals surface area (Å²) >= 11 is 0. The van der Waals surface area contributed by atoms with E-state index in [0.717, 1.165) is 18.4 Å². The van der Waals surface area contributed by atoms with Crippen LogP contribution in [0.4, 0.5) is 4.79 Å². The fraction of sp³-hybridized carbons (Fsp3) is 0.500. The van der Waals surface area contributed by atoms with E-state index < -0.39 is 12.0 Å². The molecule has 0 saturated heterocycles. The van der Waals surface area contributed by atoms with Gasteiger partial charge in [-0.05, 0) is 44.4 Å². The molecule has 148 valence electrons. The molecule has 0 bridgehead atoms. The molecule has 7 nitrogen and oxygen atoms in total. The first-order valence-corrected chi connectivity index (χ1v) is 9.14. The standard InChI is InChI=1S/C20H28N2O5/c1-6-7-8-14-17(19(23)26-5)18(22-20(24)21-14)13-9-10-15(25-4)16(11-13)27-12(2)3/h9-12,18H,6-8H2,1-5H3,(H2,21,22,24). The van der Waals surface area contributed by atoms with E-state index in [0.29, 0.717) is 29.2 Å². The van der Waals surface area contributed by atoms with Gasteiger partial charge < -0.3 is 24.8 Å². The Morgan fingerprint density at radius 2 is 1.96 bits per heavy atom. The Hall–Kier alpha value is -2.70. The van der Waals surface area contributed by atoms with Gasteiger partial charge >= 0.3 is 12.0 Å². The third kappa shape index (κ3) is 4.93. The molecular weight excluding hydrogens is 348 g/mol. The number of allylic oxidation sites excluding steroid dienone is 1. The molecule has 1 heterocycles. The molecule has 1 unspecified atom stereocenters. The minimum absolute atomic E-state index is 0.0486. The third-order valence-corrected chi connectivity index (χ3v) is 4.22. The van der Waals surface area contributed by atoms with Crippen LogP contribution in [-0.4, -0.2) is 32.3 Å². The Kier molecular flexibility index (Phi) is 7.10. The first-order chi connectivity index (χ1) is 12.9. The van der Waals surface area contributed by atoms with Crippen molar-refractivity contribution in [3.8, 4) is 11.5 Å². The van der Waals surface area contributed by atoms with Gasteiger partial charge in [-0.25, -0.2) is 9.59 Å². The summed E-state index contributed by atoms with van der Waals surface area (Å²) in [5.74, 6) is 0.667. The van der Waals surface area contributed by atoms with E-state index in [1.165, 1.54) is 7.11 Å². The molecule has 0 saturated carbocycles. The van der Waals surface area contributed by atoms with Crippen LogP contribution in [0.1, 0.15) is 51.6 Å². The molecule has 1 aliphatic rings. The lowest BCUT2D eigenvalue weighted by Crippen LogP contribution is -2.45. The highest BCUT2D eigenvalue weighted by Gasteiger charge is 2.33. The van der Waals surface area contributed by atoms with E-state index in [-0.39, 0.29) is 12.1 Å². The summed E-state index contributed by atoms with van der Waals surface area (Å²) in [6.45, 7) is 5.89. The Balaban J connectivity index is 2.52. The Morgan fingerprint density at radius 1 is 1.22 bits per heavy atom. The topological polar surface area (TPSA) is 85.9 Å². The minimum Gasteiger partial charge on any atom is -0.493 e. The SMILES string of the molecule is CCCCC1=C(C(=O)OC)C(c2ccc(OC)c(OC(C)C)c2)NC(=O)N1. The highest BCUT2D eigenvalue weighted by atomic mass is 16.5. The van der Waals surface area contributed by atoms with Crippen molar-refractivity contribution in [2.45, 2.75) is 52.2 Å². The van der Waals surface area contributed by atoms with Gasteiger partial charge in [0.25, 0.3) is 0 Å². The normalized spacial score (nSPS) is 16.7. The van der Waals surface area contributed by atoms with Gasteiger partial charge in [-0.15, -0.1) is 0 Å². The second-order valence-electron chi connectivity index (χ2n) is 6.60. The molecule has 0 fully saturated rings. The van der Waals surface area contributed by atoms with Gasteiger partial charge in [0.05, 0.1) is 31.9 Å². The van der Waals surface area contributed by atoms with Crippen LogP contribution in [0.5, 0.6) is 11.5 Å². The summed E-state index contributed by atoms with van der Waals surface area (Å²) in [5, 5.41) is 5.58. The van der Waals surface area contributed by atoms with Crippen molar-refractivity contribution in [3.05, 3.63) is 35.0 Å². The van der Waals surface area contributed by atoms with Crippen LogP contribution in [0.3, 0.4) is 0 Å². The van der Waals surface area contributed by atoms with Crippen LogP contribution in [-0.2, 0) is 9.53 Å². The van der Waals surface area contributed by atoms with Gasteiger partial charge in [0.2, 0.25) is 0 Å². The van der Waals surface area contributed by atoms with Crippen LogP contribution >= 0.6 is 0 Å². The lowest BCUT2D eigenvalue weighted by molar-refractivity contribution is -0.136. The quantitative estimate of drug-likeness (QED) is 0.679. The smallest absolute Gasteiger partial charge is 0.337 e. The first-order valence-electron chi connectivity index (χ1n) is 9.14. The van der Waals surface area contributed by atoms with Crippen molar-refractivity contribution in [1.82, 2.24) is 10.6 Å². The molecule has 27 heavy (non-hydrogen) atoms. The van der Waals surface area contributed by atoms with E-state index in [2.05, 4.69) is 17.6 Å². The molecule has 2 rings (SSSR count). The summed E-state index contributed by atoms with van der Waals surface area (Å²) in [6.07, 6.45) is 2.34. The molecule has 2 N–H and O–H groups in total. The average molecular weight is 376 g/mol. The number of benzene rings is 1. The fourth-order valence-electron chi connectivity index (χ4n) is 2.99. The third-order valence-electron chi connectivity index (χ3n) is 4.22. The average Bonchev–Trinajstić information content (AvgIpc) is 2.64. The molecule has 0 aromatic heterocycles. The summed E-state index contributed by atoms with van der Waals surface area (Å²) < 4.78 is 16.2. The minimum atomic E-state index is -0.626. The molecule has 7 heteroatoms. The van der Waals surface area contributed by atoms with Crippen molar-refractivity contribution in [3.63, 3.8) is 0 Å². The van der Waals surface area contributed by atoms with E-state index in [1.807, 2.05) is 19.9 Å². The molecule has 1 aromatic rings. The van der Waals surface area contributed by atoms with Crippen molar-refractivity contribution in [2.75, 3.05) is 14.2 Å². The molecule has 2 amide bonds. The summed E-state index contributed by atoms with van der Waals surface area (Å²) in [7, 11) is 2.90. The van der Waals surface area contributed by atoms with E-state index in [4.69, 9.17) is 14.2 Å². The molecule has 0 radical (unpaired) electrons. The van der Waals surface area contributed by atoms with Crippen LogP contribution in [0.15, 0.2) is 29.5 Å². The number of urea groups is 1. The van der Waals surface area contributed by atoms with Crippen LogP contribution in [0, 0.1) is 0 Å². The predicted octanol–water partition coefficient (Wildman–Crippen LogP) is 3.45. The molecule has 0 aliphatic carbocycles. The van der Waals surface area contributed by atoms with E-state index >= 15 is 0 Å². The van der Waals surface area contributed by atoms with Crippen LogP contribution < -0.4 is 20.1 Å². The molecule has 1 aliphatic heterocycles. The predicted molar refractivity (Wildman–Crippen MR) is 102 cm³/mol. The van der Waals surface area contributed by atoms with E-state index in [1.54, 1.807) is 19.2 Å². The van der Waals surface area contributed by atoms with Crippen LogP contribution in [0.25, 0.3) is 0 Å². The second-order valence-corrected chi connectivity index (χ2v) is 6.60. The lowest BCUT2D eigenvalue weighted by Gasteiger charge is -2.29. The van der Waals surface area contributed by atoms with E-state index in [9.17, 15) is 9.59 Å². The van der Waals surface area contributed by atoms with Gasteiger partial charge in [-0.2, -0.15) is 0 Å². The van der Waals surface area contributed by atoms with Gasteiger partial charge in [0.15, 0.2) is 11.5 Å². The monoisotopic (exact) mass is 376 g/mol. The second kappa shape index (κ2) is 9.30. The van der Waals surface area contributed by atoms with Gasteiger partial charge in [0.1, 0.15) is 0 Å². The zero-order chi connectivity index (χ0) is 20.0. The van der Waals surface area contributed by atoms with Gasteiger partial charge in [-0.1, -0.05) is 19.4 Å². The lowest BCUT2D eigenvalue weighted by atomic mass is 9.93. The maximum Gasteiger partial charge on any atom is 0.337 e. The maximum absolute atomic E-state index is 12.5. The largest absolute Gasteiger partial charge is 0.493 e. The van der Waals surface area contributed by atoms with Crippen molar-refractivity contribution >= 4 is 12.0 Å². The summed E-state index contributed by atoms with van der Waals surface area (Å²) in [5.41, 5.74) is 1.72. The Morgan fingerprint density at radius 3 is 2.56 bits per heavy atom. The molecular formula is C20H28N2O5. The first kappa shape index (κ1) is 20.6. The summed E-state index contributed by atoms with van der Waals surface area (Å²) in [6, 6.07) is 4.39. The zero-order valence-electron chi connectivity index (χ0n) is 16.5. The molecule has 1 aromatic carbocycles. The van der Waals surface area contributed by atoms with Gasteiger partial charge in [-0.3, -0.25) is 0 Å². The number of hydrogen-bond donors (Lipinski definition) is 2. The highest BCUT2D eigenvalue weighted by Crippen LogP contribution is 2.35. The number of hydrogen-bond acceptors (Lipinski definition) is 5. The zero-order valence-corrected chi connectivity index (χ0v) is 16.5. The van der Waals surface area contributed by atoms with Crippen molar-refractivity contribution in [1.29, 1.82) is 0 Å². The number of ether oxygens (including phenoxy) is 3.